The molecule has 0 amide bonds. The van der Waals surface area contributed by atoms with Crippen LogP contribution in [0.25, 0.3) is 6.08 Å². The average molecular weight is 288 g/mol. The van der Waals surface area contributed by atoms with Crippen molar-refractivity contribution in [1.82, 2.24) is 0 Å². The molecule has 0 aromatic heterocycles. The van der Waals surface area contributed by atoms with Gasteiger partial charge in [0.2, 0.25) is 5.75 Å². The Bertz CT molecular complexity index is 571. The third kappa shape index (κ3) is 2.75. The van der Waals surface area contributed by atoms with Crippen LogP contribution in [-0.2, 0) is 4.79 Å². The van der Waals surface area contributed by atoms with Gasteiger partial charge in [0, 0.05) is 5.92 Å². The van der Waals surface area contributed by atoms with Crippen molar-refractivity contribution in [3.63, 3.8) is 0 Å². The number of hydrogen-bond donors (Lipinski definition) is 0. The molecule has 2 aliphatic rings. The first-order valence-corrected chi connectivity index (χ1v) is 7.41. The Morgan fingerprint density at radius 3 is 2.90 bits per heavy atom. The Balaban J connectivity index is 1.97. The number of Topliss-reactive ketones (excluding diaryl/α,β-unsaturated/α-hetero) is 1. The highest BCUT2D eigenvalue weighted by atomic mass is 16.6. The number of methoxy groups -OCH3 is 1. The Morgan fingerprint density at radius 1 is 1.29 bits per heavy atom. The predicted molar refractivity (Wildman–Crippen MR) is 80.0 cm³/mol. The van der Waals surface area contributed by atoms with Crippen molar-refractivity contribution in [2.45, 2.75) is 26.2 Å². The smallest absolute Gasteiger partial charge is 0.203 e. The third-order valence-corrected chi connectivity index (χ3v) is 4.04. The fourth-order valence-corrected chi connectivity index (χ4v) is 2.89. The van der Waals surface area contributed by atoms with Gasteiger partial charge in [-0.2, -0.15) is 0 Å². The van der Waals surface area contributed by atoms with Crippen LogP contribution in [0.4, 0.5) is 0 Å². The maximum absolute atomic E-state index is 12.2. The minimum Gasteiger partial charge on any atom is -0.493 e. The zero-order valence-electron chi connectivity index (χ0n) is 12.5. The number of fused-ring (bicyclic) bond motifs is 1. The molecule has 4 nitrogen and oxygen atoms in total. The van der Waals surface area contributed by atoms with Crippen molar-refractivity contribution in [3.8, 4) is 17.2 Å². The van der Waals surface area contributed by atoms with Gasteiger partial charge in [-0.15, -0.1) is 0 Å². The Hall–Kier alpha value is -1.97. The highest BCUT2D eigenvalue weighted by Gasteiger charge is 2.23. The van der Waals surface area contributed by atoms with Gasteiger partial charge in [0.05, 0.1) is 7.11 Å². The van der Waals surface area contributed by atoms with Crippen LogP contribution in [0.1, 0.15) is 31.7 Å². The molecule has 0 spiro atoms. The zero-order valence-corrected chi connectivity index (χ0v) is 12.5. The molecule has 1 aromatic carbocycles. The van der Waals surface area contributed by atoms with Crippen LogP contribution in [0.3, 0.4) is 0 Å². The van der Waals surface area contributed by atoms with Gasteiger partial charge in [-0.25, -0.2) is 0 Å². The van der Waals surface area contributed by atoms with E-state index in [1.165, 1.54) is 0 Å². The summed E-state index contributed by atoms with van der Waals surface area (Å²) in [6.45, 7) is 3.06. The van der Waals surface area contributed by atoms with Gasteiger partial charge in [-0.05, 0) is 48.6 Å². The molecule has 1 heterocycles. The fourth-order valence-electron chi connectivity index (χ4n) is 2.89. The lowest BCUT2D eigenvalue weighted by Gasteiger charge is -2.22. The van der Waals surface area contributed by atoms with Crippen LogP contribution < -0.4 is 14.2 Å². The highest BCUT2D eigenvalue weighted by molar-refractivity contribution is 6.01. The van der Waals surface area contributed by atoms with E-state index in [1.807, 2.05) is 25.1 Å². The van der Waals surface area contributed by atoms with Crippen LogP contribution in [0, 0.1) is 5.92 Å². The van der Waals surface area contributed by atoms with E-state index in [0.717, 1.165) is 30.4 Å². The summed E-state index contributed by atoms with van der Waals surface area (Å²) >= 11 is 0. The number of hydrogen-bond acceptors (Lipinski definition) is 4. The second-order valence-corrected chi connectivity index (χ2v) is 5.57. The molecule has 0 saturated heterocycles. The summed E-state index contributed by atoms with van der Waals surface area (Å²) in [7, 11) is 1.61. The second-order valence-electron chi connectivity index (χ2n) is 5.57. The van der Waals surface area contributed by atoms with Crippen LogP contribution in [0.5, 0.6) is 17.2 Å². The van der Waals surface area contributed by atoms with E-state index in [2.05, 4.69) is 0 Å². The number of carbonyl (C=O) groups is 1. The molecule has 1 saturated carbocycles. The minimum atomic E-state index is 0.129. The SMILES string of the molecule is COc1cc(/C=C2\CCC[C@H](C)C2=O)cc2c1OCCO2. The molecule has 3 rings (SSSR count). The standard InChI is InChI=1S/C17H20O4/c1-11-4-3-5-13(16(11)18)8-12-9-14(19-2)17-15(10-12)20-6-7-21-17/h8-11H,3-7H2,1-2H3/b13-8+/t11-/m0/s1. The molecule has 21 heavy (non-hydrogen) atoms. The Kier molecular flexibility index (Phi) is 3.86. The van der Waals surface area contributed by atoms with Gasteiger partial charge in [0.25, 0.3) is 0 Å². The van der Waals surface area contributed by atoms with Gasteiger partial charge in [0.1, 0.15) is 13.2 Å². The molecule has 4 heteroatoms. The van der Waals surface area contributed by atoms with Gasteiger partial charge in [0.15, 0.2) is 17.3 Å². The molecule has 1 fully saturated rings. The van der Waals surface area contributed by atoms with E-state index in [9.17, 15) is 4.79 Å². The van der Waals surface area contributed by atoms with E-state index >= 15 is 0 Å². The summed E-state index contributed by atoms with van der Waals surface area (Å²) < 4.78 is 16.6. The van der Waals surface area contributed by atoms with E-state index in [-0.39, 0.29) is 11.7 Å². The summed E-state index contributed by atoms with van der Waals surface area (Å²) in [5.41, 5.74) is 1.82. The lowest BCUT2D eigenvalue weighted by Crippen LogP contribution is -2.18. The molecule has 0 unspecified atom stereocenters. The quantitative estimate of drug-likeness (QED) is 0.784. The van der Waals surface area contributed by atoms with Gasteiger partial charge < -0.3 is 14.2 Å². The average Bonchev–Trinajstić information content (AvgIpc) is 2.51. The topological polar surface area (TPSA) is 44.8 Å². The molecule has 0 N–H and O–H groups in total. The number of allylic oxidation sites excluding steroid dienone is 1. The number of ether oxygens (including phenoxy) is 3. The largest absolute Gasteiger partial charge is 0.493 e. The van der Waals surface area contributed by atoms with Crippen molar-refractivity contribution in [2.24, 2.45) is 5.92 Å². The maximum atomic E-state index is 12.2. The normalized spacial score (nSPS) is 23.2. The number of benzene rings is 1. The van der Waals surface area contributed by atoms with Gasteiger partial charge in [-0.1, -0.05) is 6.92 Å². The Labute approximate surface area is 124 Å². The molecule has 0 radical (unpaired) electrons. The second kappa shape index (κ2) is 5.80. The third-order valence-electron chi connectivity index (χ3n) is 4.04. The summed E-state index contributed by atoms with van der Waals surface area (Å²) in [5.74, 6) is 2.37. The van der Waals surface area contributed by atoms with Crippen LogP contribution in [-0.4, -0.2) is 26.1 Å². The maximum Gasteiger partial charge on any atom is 0.203 e. The zero-order chi connectivity index (χ0) is 14.8. The van der Waals surface area contributed by atoms with Crippen LogP contribution >= 0.6 is 0 Å². The lowest BCUT2D eigenvalue weighted by atomic mass is 9.84. The molecule has 1 aromatic rings. The van der Waals surface area contributed by atoms with Crippen molar-refractivity contribution < 1.29 is 19.0 Å². The van der Waals surface area contributed by atoms with Crippen molar-refractivity contribution >= 4 is 11.9 Å². The summed E-state index contributed by atoms with van der Waals surface area (Å²) in [5, 5.41) is 0. The molecule has 1 aliphatic heterocycles. The van der Waals surface area contributed by atoms with Crippen LogP contribution in [0.15, 0.2) is 17.7 Å². The summed E-state index contributed by atoms with van der Waals surface area (Å²) in [6.07, 6.45) is 4.86. The molecule has 1 atom stereocenters. The number of rotatable bonds is 2. The van der Waals surface area contributed by atoms with E-state index < -0.39 is 0 Å². The first-order chi connectivity index (χ1) is 10.2. The molecular formula is C17H20O4. The first-order valence-electron chi connectivity index (χ1n) is 7.41. The van der Waals surface area contributed by atoms with Crippen molar-refractivity contribution in [3.05, 3.63) is 23.3 Å². The minimum absolute atomic E-state index is 0.129. The highest BCUT2D eigenvalue weighted by Crippen LogP contribution is 2.41. The van der Waals surface area contributed by atoms with Crippen molar-refractivity contribution in [2.75, 3.05) is 20.3 Å². The molecule has 0 bridgehead atoms. The van der Waals surface area contributed by atoms with Crippen LogP contribution in [0.2, 0.25) is 0 Å². The lowest BCUT2D eigenvalue weighted by molar-refractivity contribution is -0.119. The Morgan fingerprint density at radius 2 is 2.10 bits per heavy atom. The first kappa shape index (κ1) is 14.0. The van der Waals surface area contributed by atoms with E-state index in [4.69, 9.17) is 14.2 Å². The fraction of sp³-hybridized carbons (Fsp3) is 0.471. The number of ketones is 1. The van der Waals surface area contributed by atoms with E-state index in [1.54, 1.807) is 7.11 Å². The molecular weight excluding hydrogens is 268 g/mol. The molecule has 112 valence electrons. The molecule has 1 aliphatic carbocycles. The van der Waals surface area contributed by atoms with Crippen molar-refractivity contribution in [1.29, 1.82) is 0 Å². The predicted octanol–water partition coefficient (Wildman–Crippen LogP) is 3.24. The summed E-state index contributed by atoms with van der Waals surface area (Å²) in [6, 6.07) is 3.81. The van der Waals surface area contributed by atoms with Gasteiger partial charge >= 0.3 is 0 Å². The van der Waals surface area contributed by atoms with E-state index in [0.29, 0.717) is 30.5 Å². The monoisotopic (exact) mass is 288 g/mol. The van der Waals surface area contributed by atoms with Gasteiger partial charge in [-0.3, -0.25) is 4.79 Å². The number of carbonyl (C=O) groups excluding carboxylic acids is 1. The summed E-state index contributed by atoms with van der Waals surface area (Å²) in [4.78, 5) is 12.2.